The molecule has 2 N–H and O–H groups in total. The molecule has 3 aliphatic heterocycles. The first-order chi connectivity index (χ1) is 13.6. The highest BCUT2D eigenvalue weighted by atomic mass is 16.5. The maximum Gasteiger partial charge on any atom is 0.201 e. The molecule has 0 radical (unpaired) electrons. The first-order valence-corrected chi connectivity index (χ1v) is 10.4. The Morgan fingerprint density at radius 3 is 2.64 bits per heavy atom. The predicted octanol–water partition coefficient (Wildman–Crippen LogP) is 3.73. The minimum Gasteiger partial charge on any atom is -0.494 e. The third-order valence-electron chi connectivity index (χ3n) is 6.24. The fraction of sp³-hybridized carbons (Fsp3) is 0.591. The van der Waals surface area contributed by atoms with Crippen molar-refractivity contribution >= 4 is 22.3 Å². The third kappa shape index (κ3) is 2.90. The van der Waals surface area contributed by atoms with E-state index in [0.717, 1.165) is 80.1 Å². The number of hydrogen-bond acceptors (Lipinski definition) is 5. The zero-order chi connectivity index (χ0) is 19.3. The van der Waals surface area contributed by atoms with Gasteiger partial charge in [-0.3, -0.25) is 4.99 Å². The molecular weight excluding hydrogens is 354 g/mol. The molecule has 1 spiro atoms. The van der Waals surface area contributed by atoms with Crippen LogP contribution in [0.5, 0.6) is 5.88 Å². The summed E-state index contributed by atoms with van der Waals surface area (Å²) in [5.74, 6) is 0.361. The average molecular weight is 383 g/mol. The van der Waals surface area contributed by atoms with Crippen LogP contribution in [0.4, 0.5) is 5.69 Å². The lowest BCUT2D eigenvalue weighted by atomic mass is 9.82. The summed E-state index contributed by atoms with van der Waals surface area (Å²) < 4.78 is 13.1. The molecule has 3 aliphatic rings. The summed E-state index contributed by atoms with van der Waals surface area (Å²) in [6.45, 7) is 8.12. The molecule has 6 nitrogen and oxygen atoms in total. The summed E-state index contributed by atoms with van der Waals surface area (Å²) in [5, 5.41) is 15.9. The highest BCUT2D eigenvalue weighted by molar-refractivity contribution is 6.14. The summed E-state index contributed by atoms with van der Waals surface area (Å²) in [7, 11) is 0. The molecule has 5 rings (SSSR count). The zero-order valence-corrected chi connectivity index (χ0v) is 16.7. The SMILES string of the molecule is CC(C)Nc1ccc2c(c1)c(C1=NCC3(COC3)C1)c(O)n2C1CCOCC1. The van der Waals surface area contributed by atoms with Gasteiger partial charge in [-0.2, -0.15) is 0 Å². The molecule has 1 aromatic carbocycles. The highest BCUT2D eigenvalue weighted by Gasteiger charge is 2.44. The fourth-order valence-corrected chi connectivity index (χ4v) is 4.80. The number of nitrogens with one attached hydrogen (secondary N) is 1. The smallest absolute Gasteiger partial charge is 0.201 e. The maximum absolute atomic E-state index is 11.3. The second-order valence-electron chi connectivity index (χ2n) is 8.88. The van der Waals surface area contributed by atoms with Crippen molar-refractivity contribution in [3.8, 4) is 5.88 Å². The van der Waals surface area contributed by atoms with Crippen LogP contribution >= 0.6 is 0 Å². The normalized spacial score (nSPS) is 22.0. The fourth-order valence-electron chi connectivity index (χ4n) is 4.80. The number of aromatic hydroxyl groups is 1. The van der Waals surface area contributed by atoms with Gasteiger partial charge < -0.3 is 24.5 Å². The van der Waals surface area contributed by atoms with Gasteiger partial charge in [0.25, 0.3) is 0 Å². The van der Waals surface area contributed by atoms with Crippen LogP contribution in [0.25, 0.3) is 10.9 Å². The number of rotatable bonds is 4. The molecule has 0 atom stereocenters. The Bertz CT molecular complexity index is 921. The number of ether oxygens (including phenoxy) is 2. The molecule has 150 valence electrons. The minimum absolute atomic E-state index is 0.155. The predicted molar refractivity (Wildman–Crippen MR) is 111 cm³/mol. The van der Waals surface area contributed by atoms with Crippen LogP contribution in [-0.2, 0) is 9.47 Å². The van der Waals surface area contributed by atoms with Crippen molar-refractivity contribution in [2.75, 3.05) is 38.3 Å². The molecule has 0 amide bonds. The number of nitrogens with zero attached hydrogens (tertiary/aromatic N) is 2. The molecule has 28 heavy (non-hydrogen) atoms. The second kappa shape index (κ2) is 6.78. The topological polar surface area (TPSA) is 68.0 Å². The van der Waals surface area contributed by atoms with Crippen LogP contribution in [0.15, 0.2) is 23.2 Å². The Hall–Kier alpha value is -2.05. The standard InChI is InChI=1S/C22H29N3O3/c1-14(2)24-15-3-4-19-17(9-15)20(18-10-22(11-23-18)12-28-13-22)21(26)25(19)16-5-7-27-8-6-16/h3-4,9,14,16,24,26H,5-8,10-13H2,1-2H3. The zero-order valence-electron chi connectivity index (χ0n) is 16.7. The van der Waals surface area contributed by atoms with E-state index in [4.69, 9.17) is 14.5 Å². The number of benzene rings is 1. The van der Waals surface area contributed by atoms with Crippen LogP contribution in [0.3, 0.4) is 0 Å². The molecule has 1 aromatic heterocycles. The van der Waals surface area contributed by atoms with E-state index in [1.165, 1.54) is 0 Å². The van der Waals surface area contributed by atoms with E-state index in [2.05, 4.69) is 41.9 Å². The largest absolute Gasteiger partial charge is 0.494 e. The summed E-state index contributed by atoms with van der Waals surface area (Å²) >= 11 is 0. The Morgan fingerprint density at radius 1 is 1.21 bits per heavy atom. The quantitative estimate of drug-likeness (QED) is 0.844. The van der Waals surface area contributed by atoms with E-state index in [1.807, 2.05) is 0 Å². The van der Waals surface area contributed by atoms with Crippen LogP contribution in [0, 0.1) is 5.41 Å². The number of aliphatic imine (C=N–C) groups is 1. The van der Waals surface area contributed by atoms with E-state index in [1.54, 1.807) is 0 Å². The van der Waals surface area contributed by atoms with Gasteiger partial charge in [0.1, 0.15) is 0 Å². The summed E-state index contributed by atoms with van der Waals surface area (Å²) in [4.78, 5) is 4.86. The van der Waals surface area contributed by atoms with E-state index in [-0.39, 0.29) is 11.5 Å². The molecule has 2 saturated heterocycles. The van der Waals surface area contributed by atoms with Crippen LogP contribution in [0.2, 0.25) is 0 Å². The van der Waals surface area contributed by atoms with Gasteiger partial charge in [-0.25, -0.2) is 0 Å². The third-order valence-corrected chi connectivity index (χ3v) is 6.24. The van der Waals surface area contributed by atoms with Gasteiger partial charge in [0.2, 0.25) is 5.88 Å². The Morgan fingerprint density at radius 2 is 2.00 bits per heavy atom. The van der Waals surface area contributed by atoms with Crippen molar-refractivity contribution in [2.24, 2.45) is 10.4 Å². The van der Waals surface area contributed by atoms with Crippen LogP contribution in [0.1, 0.15) is 44.7 Å². The van der Waals surface area contributed by atoms with Crippen molar-refractivity contribution in [2.45, 2.75) is 45.2 Å². The van der Waals surface area contributed by atoms with Crippen LogP contribution < -0.4 is 5.32 Å². The average Bonchev–Trinajstić information content (AvgIpc) is 3.20. The lowest BCUT2D eigenvalue weighted by Gasteiger charge is -2.36. The number of aromatic nitrogens is 1. The Balaban J connectivity index is 1.62. The van der Waals surface area contributed by atoms with Gasteiger partial charge in [-0.05, 0) is 44.9 Å². The monoisotopic (exact) mass is 383 g/mol. The van der Waals surface area contributed by atoms with E-state index >= 15 is 0 Å². The molecule has 0 saturated carbocycles. The van der Waals surface area contributed by atoms with E-state index in [9.17, 15) is 5.11 Å². The molecular formula is C22H29N3O3. The maximum atomic E-state index is 11.3. The summed E-state index contributed by atoms with van der Waals surface area (Å²) in [5.41, 5.74) is 4.26. The summed E-state index contributed by atoms with van der Waals surface area (Å²) in [6, 6.07) is 7.03. The second-order valence-corrected chi connectivity index (χ2v) is 8.88. The Kier molecular flexibility index (Phi) is 4.36. The molecule has 4 heterocycles. The molecule has 0 bridgehead atoms. The first-order valence-electron chi connectivity index (χ1n) is 10.4. The minimum atomic E-state index is 0.155. The van der Waals surface area contributed by atoms with Gasteiger partial charge >= 0.3 is 0 Å². The van der Waals surface area contributed by atoms with Gasteiger partial charge in [0.15, 0.2) is 0 Å². The molecule has 0 unspecified atom stereocenters. The Labute approximate surface area is 165 Å². The number of anilines is 1. The summed E-state index contributed by atoms with van der Waals surface area (Å²) in [6.07, 6.45) is 2.73. The van der Waals surface area contributed by atoms with Crippen molar-refractivity contribution in [3.63, 3.8) is 0 Å². The molecule has 0 aliphatic carbocycles. The van der Waals surface area contributed by atoms with E-state index < -0.39 is 0 Å². The van der Waals surface area contributed by atoms with Gasteiger partial charge in [-0.15, -0.1) is 0 Å². The van der Waals surface area contributed by atoms with Crippen molar-refractivity contribution in [1.29, 1.82) is 0 Å². The van der Waals surface area contributed by atoms with Gasteiger partial charge in [0.05, 0.1) is 24.3 Å². The lowest BCUT2D eigenvalue weighted by Crippen LogP contribution is -2.43. The van der Waals surface area contributed by atoms with E-state index in [0.29, 0.717) is 11.9 Å². The van der Waals surface area contributed by atoms with Crippen molar-refractivity contribution < 1.29 is 14.6 Å². The van der Waals surface area contributed by atoms with Gasteiger partial charge in [-0.1, -0.05) is 0 Å². The van der Waals surface area contributed by atoms with Gasteiger partial charge in [0, 0.05) is 60.5 Å². The highest BCUT2D eigenvalue weighted by Crippen LogP contribution is 2.44. The lowest BCUT2D eigenvalue weighted by molar-refractivity contribution is -0.0973. The number of hydrogen-bond donors (Lipinski definition) is 2. The first kappa shape index (κ1) is 18.0. The molecule has 2 fully saturated rings. The molecule has 2 aromatic rings. The van der Waals surface area contributed by atoms with Crippen molar-refractivity contribution in [1.82, 2.24) is 4.57 Å². The molecule has 6 heteroatoms. The number of fused-ring (bicyclic) bond motifs is 1. The van der Waals surface area contributed by atoms with Crippen LogP contribution in [-0.4, -0.2) is 54.4 Å². The van der Waals surface area contributed by atoms with Crippen molar-refractivity contribution in [3.05, 3.63) is 23.8 Å².